The van der Waals surface area contributed by atoms with Crippen molar-refractivity contribution in [2.45, 2.75) is 51.6 Å². The molecule has 0 saturated heterocycles. The first-order valence-corrected chi connectivity index (χ1v) is 8.64. The van der Waals surface area contributed by atoms with Crippen LogP contribution in [0.25, 0.3) is 0 Å². The van der Waals surface area contributed by atoms with Crippen molar-refractivity contribution in [2.24, 2.45) is 5.92 Å². The van der Waals surface area contributed by atoms with E-state index in [2.05, 4.69) is 46.5 Å². The Balaban J connectivity index is 1.79. The first-order valence-electron chi connectivity index (χ1n) is 7.85. The predicted octanol–water partition coefficient (Wildman–Crippen LogP) is 3.79. The zero-order chi connectivity index (χ0) is 15.2. The molecule has 0 heterocycles. The van der Waals surface area contributed by atoms with Gasteiger partial charge in [-0.15, -0.1) is 0 Å². The molecule has 0 spiro atoms. The van der Waals surface area contributed by atoms with E-state index < -0.39 is 0 Å². The number of nitrogens with one attached hydrogen (secondary N) is 2. The zero-order valence-electron chi connectivity index (χ0n) is 12.9. The molecule has 1 aliphatic rings. The maximum absolute atomic E-state index is 12.1. The van der Waals surface area contributed by atoms with Crippen LogP contribution in [0.1, 0.15) is 51.1 Å². The van der Waals surface area contributed by atoms with Crippen LogP contribution in [0.3, 0.4) is 0 Å². The van der Waals surface area contributed by atoms with Crippen LogP contribution in [0.5, 0.6) is 0 Å². The van der Waals surface area contributed by atoms with Crippen LogP contribution in [0, 0.1) is 5.92 Å². The van der Waals surface area contributed by atoms with Gasteiger partial charge in [-0.05, 0) is 37.3 Å². The molecule has 3 atom stereocenters. The number of carbonyl (C=O) groups is 1. The molecule has 3 nitrogen and oxygen atoms in total. The molecule has 0 aromatic heterocycles. The van der Waals surface area contributed by atoms with Crippen LogP contribution < -0.4 is 10.6 Å². The summed E-state index contributed by atoms with van der Waals surface area (Å²) in [6, 6.07) is 8.61. The molecule has 1 fully saturated rings. The first-order chi connectivity index (χ1) is 10.1. The predicted molar refractivity (Wildman–Crippen MR) is 90.1 cm³/mol. The van der Waals surface area contributed by atoms with Gasteiger partial charge in [0.1, 0.15) is 0 Å². The number of hydrogen-bond donors (Lipinski definition) is 2. The van der Waals surface area contributed by atoms with Gasteiger partial charge >= 0.3 is 0 Å². The van der Waals surface area contributed by atoms with E-state index in [0.717, 1.165) is 10.9 Å². The van der Waals surface area contributed by atoms with Crippen molar-refractivity contribution in [3.05, 3.63) is 34.3 Å². The Hall–Kier alpha value is -0.870. The van der Waals surface area contributed by atoms with E-state index in [1.54, 1.807) is 0 Å². The van der Waals surface area contributed by atoms with E-state index in [0.29, 0.717) is 18.5 Å². The zero-order valence-corrected chi connectivity index (χ0v) is 14.4. The summed E-state index contributed by atoms with van der Waals surface area (Å²) in [5.41, 5.74) is 1.18. The van der Waals surface area contributed by atoms with Gasteiger partial charge in [-0.3, -0.25) is 4.79 Å². The third kappa shape index (κ3) is 4.82. The second-order valence-corrected chi connectivity index (χ2v) is 6.91. The number of halogens is 1. The van der Waals surface area contributed by atoms with Gasteiger partial charge in [0, 0.05) is 16.6 Å². The molecule has 1 amide bonds. The number of benzene rings is 1. The van der Waals surface area contributed by atoms with Crippen molar-refractivity contribution in [3.63, 3.8) is 0 Å². The van der Waals surface area contributed by atoms with Crippen LogP contribution >= 0.6 is 15.9 Å². The highest BCUT2D eigenvalue weighted by Crippen LogP contribution is 2.24. The molecule has 2 rings (SSSR count). The highest BCUT2D eigenvalue weighted by atomic mass is 79.9. The Kier molecular flexibility index (Phi) is 6.24. The lowest BCUT2D eigenvalue weighted by Crippen LogP contribution is -2.45. The summed E-state index contributed by atoms with van der Waals surface area (Å²) in [6.45, 7) is 4.68. The smallest absolute Gasteiger partial charge is 0.234 e. The van der Waals surface area contributed by atoms with Crippen molar-refractivity contribution in [3.8, 4) is 0 Å². The maximum atomic E-state index is 12.1. The number of amides is 1. The molecule has 0 bridgehead atoms. The summed E-state index contributed by atoms with van der Waals surface area (Å²) in [5.74, 6) is 0.705. The first kappa shape index (κ1) is 16.5. The fraction of sp³-hybridized carbons (Fsp3) is 0.588. The van der Waals surface area contributed by atoms with E-state index in [1.807, 2.05) is 18.2 Å². The Bertz CT molecular complexity index is 478. The molecule has 0 aliphatic heterocycles. The molecule has 0 radical (unpaired) electrons. The normalized spacial score (nSPS) is 23.6. The van der Waals surface area contributed by atoms with Gasteiger partial charge in [0.2, 0.25) is 5.91 Å². The van der Waals surface area contributed by atoms with Crippen LogP contribution in [0.4, 0.5) is 0 Å². The topological polar surface area (TPSA) is 41.1 Å². The molecule has 116 valence electrons. The van der Waals surface area contributed by atoms with Crippen molar-refractivity contribution < 1.29 is 4.79 Å². The standard InChI is InChI=1S/C17H25BrN2O/c1-12-7-3-6-10-16(12)20-17(21)11-19-13(2)14-8-4-5-9-15(14)18/h4-5,8-9,12-13,16,19H,3,6-7,10-11H2,1-2H3,(H,20,21)/t12-,13+,16-/m1/s1. The van der Waals surface area contributed by atoms with Crippen LogP contribution in [0.2, 0.25) is 0 Å². The Morgan fingerprint density at radius 1 is 1.33 bits per heavy atom. The maximum Gasteiger partial charge on any atom is 0.234 e. The second kappa shape index (κ2) is 7.95. The third-order valence-corrected chi connectivity index (χ3v) is 5.12. The van der Waals surface area contributed by atoms with Crippen molar-refractivity contribution >= 4 is 21.8 Å². The molecular formula is C17H25BrN2O. The summed E-state index contributed by atoms with van der Waals surface area (Å²) < 4.78 is 1.08. The minimum absolute atomic E-state index is 0.104. The lowest BCUT2D eigenvalue weighted by atomic mass is 9.86. The quantitative estimate of drug-likeness (QED) is 0.846. The molecule has 1 saturated carbocycles. The Labute approximate surface area is 136 Å². The summed E-state index contributed by atoms with van der Waals surface area (Å²) in [6.07, 6.45) is 4.87. The van der Waals surface area contributed by atoms with Gasteiger partial charge in [-0.2, -0.15) is 0 Å². The third-order valence-electron chi connectivity index (χ3n) is 4.40. The van der Waals surface area contributed by atoms with Crippen LogP contribution in [0.15, 0.2) is 28.7 Å². The van der Waals surface area contributed by atoms with Gasteiger partial charge in [-0.1, -0.05) is 53.9 Å². The van der Waals surface area contributed by atoms with E-state index in [9.17, 15) is 4.79 Å². The highest BCUT2D eigenvalue weighted by Gasteiger charge is 2.22. The summed E-state index contributed by atoms with van der Waals surface area (Å²) in [5, 5.41) is 6.48. The lowest BCUT2D eigenvalue weighted by molar-refractivity contribution is -0.121. The average molecular weight is 353 g/mol. The lowest BCUT2D eigenvalue weighted by Gasteiger charge is -2.29. The largest absolute Gasteiger partial charge is 0.352 e. The minimum Gasteiger partial charge on any atom is -0.352 e. The molecule has 2 N–H and O–H groups in total. The fourth-order valence-corrected chi connectivity index (χ4v) is 3.60. The minimum atomic E-state index is 0.104. The number of rotatable bonds is 5. The van der Waals surface area contributed by atoms with Crippen molar-refractivity contribution in [1.82, 2.24) is 10.6 Å². The number of carbonyl (C=O) groups excluding carboxylic acids is 1. The molecule has 1 aromatic rings. The van der Waals surface area contributed by atoms with Gasteiger partial charge in [0.05, 0.1) is 6.54 Å². The molecular weight excluding hydrogens is 328 g/mol. The van der Waals surface area contributed by atoms with Crippen LogP contribution in [-0.4, -0.2) is 18.5 Å². The fourth-order valence-electron chi connectivity index (χ4n) is 2.97. The summed E-state index contributed by atoms with van der Waals surface area (Å²) >= 11 is 3.55. The van der Waals surface area contributed by atoms with Crippen molar-refractivity contribution in [1.29, 1.82) is 0 Å². The monoisotopic (exact) mass is 352 g/mol. The van der Waals surface area contributed by atoms with Crippen LogP contribution in [-0.2, 0) is 4.79 Å². The van der Waals surface area contributed by atoms with Gasteiger partial charge in [0.15, 0.2) is 0 Å². The second-order valence-electron chi connectivity index (χ2n) is 6.06. The molecule has 1 aromatic carbocycles. The Morgan fingerprint density at radius 2 is 2.05 bits per heavy atom. The molecule has 0 unspecified atom stereocenters. The van der Waals surface area contributed by atoms with E-state index in [4.69, 9.17) is 0 Å². The van der Waals surface area contributed by atoms with E-state index in [1.165, 1.54) is 24.8 Å². The van der Waals surface area contributed by atoms with Gasteiger partial charge in [-0.25, -0.2) is 0 Å². The highest BCUT2D eigenvalue weighted by molar-refractivity contribution is 9.10. The van der Waals surface area contributed by atoms with Crippen molar-refractivity contribution in [2.75, 3.05) is 6.54 Å². The summed E-state index contributed by atoms with van der Waals surface area (Å²) in [7, 11) is 0. The molecule has 4 heteroatoms. The van der Waals surface area contributed by atoms with Gasteiger partial charge in [0.25, 0.3) is 0 Å². The molecule has 1 aliphatic carbocycles. The van der Waals surface area contributed by atoms with Gasteiger partial charge < -0.3 is 10.6 Å². The Morgan fingerprint density at radius 3 is 2.76 bits per heavy atom. The molecule has 21 heavy (non-hydrogen) atoms. The summed E-state index contributed by atoms with van der Waals surface area (Å²) in [4.78, 5) is 12.1. The SMILES string of the molecule is C[C@H](NCC(=O)N[C@@H]1CCCC[C@H]1C)c1ccccc1Br. The average Bonchev–Trinajstić information content (AvgIpc) is 2.48. The number of hydrogen-bond acceptors (Lipinski definition) is 2. The van der Waals surface area contributed by atoms with E-state index >= 15 is 0 Å². The van der Waals surface area contributed by atoms with E-state index in [-0.39, 0.29) is 11.9 Å².